The molecule has 0 aromatic heterocycles. The van der Waals surface area contributed by atoms with Crippen LogP contribution in [-0.2, 0) is 9.84 Å². The van der Waals surface area contributed by atoms with Gasteiger partial charge in [-0.1, -0.05) is 19.3 Å². The van der Waals surface area contributed by atoms with Gasteiger partial charge in [0.1, 0.15) is 9.84 Å². The summed E-state index contributed by atoms with van der Waals surface area (Å²) in [4.78, 5) is 2.56. The van der Waals surface area contributed by atoms with Crippen LogP contribution in [0.2, 0.25) is 0 Å². The highest BCUT2D eigenvalue weighted by atomic mass is 32.2. The molecule has 0 aromatic carbocycles. The Bertz CT molecular complexity index is 435. The molecule has 2 unspecified atom stereocenters. The lowest BCUT2D eigenvalue weighted by Gasteiger charge is -2.51. The minimum absolute atomic E-state index is 0.0340. The van der Waals surface area contributed by atoms with Gasteiger partial charge in [0.25, 0.3) is 0 Å². The molecule has 0 radical (unpaired) electrons. The zero-order valence-corrected chi connectivity index (χ0v) is 13.2. The van der Waals surface area contributed by atoms with Gasteiger partial charge in [-0.2, -0.15) is 0 Å². The van der Waals surface area contributed by atoms with E-state index in [0.717, 1.165) is 37.8 Å². The molecule has 2 saturated heterocycles. The molecule has 5 heteroatoms. The fourth-order valence-corrected chi connectivity index (χ4v) is 6.19. The van der Waals surface area contributed by atoms with Crippen molar-refractivity contribution in [3.63, 3.8) is 0 Å². The van der Waals surface area contributed by atoms with Crippen LogP contribution >= 0.6 is 0 Å². The van der Waals surface area contributed by atoms with Crippen molar-refractivity contribution in [2.45, 2.75) is 50.5 Å². The maximum atomic E-state index is 11.7. The zero-order valence-electron chi connectivity index (χ0n) is 12.4. The number of hydrogen-bond donors (Lipinski definition) is 1. The van der Waals surface area contributed by atoms with E-state index in [0.29, 0.717) is 18.1 Å². The van der Waals surface area contributed by atoms with Gasteiger partial charge in [-0.25, -0.2) is 8.42 Å². The lowest BCUT2D eigenvalue weighted by atomic mass is 9.73. The monoisotopic (exact) mass is 300 g/mol. The standard InChI is InChI=1S/C15H28N2O2S/c16-12-15(6-9-20(18,19)10-7-15)17-8-5-13-3-1-2-4-14(13)11-17/h13-14H,1-12,16H2. The molecule has 116 valence electrons. The molecule has 2 heterocycles. The van der Waals surface area contributed by atoms with Crippen molar-refractivity contribution >= 4 is 9.84 Å². The largest absolute Gasteiger partial charge is 0.329 e. The summed E-state index contributed by atoms with van der Waals surface area (Å²) in [6, 6.07) is 0. The van der Waals surface area contributed by atoms with Crippen molar-refractivity contribution in [3.05, 3.63) is 0 Å². The number of nitrogens with zero attached hydrogens (tertiary/aromatic N) is 1. The van der Waals surface area contributed by atoms with Crippen LogP contribution in [0, 0.1) is 11.8 Å². The van der Waals surface area contributed by atoms with Gasteiger partial charge in [-0.05, 0) is 44.1 Å². The molecule has 2 N–H and O–H groups in total. The number of nitrogens with two attached hydrogens (primary N) is 1. The lowest BCUT2D eigenvalue weighted by Crippen LogP contribution is -2.61. The Labute approximate surface area is 123 Å². The summed E-state index contributed by atoms with van der Waals surface area (Å²) in [5.74, 6) is 2.41. The quantitative estimate of drug-likeness (QED) is 0.837. The van der Waals surface area contributed by atoms with Crippen molar-refractivity contribution in [2.24, 2.45) is 17.6 Å². The SMILES string of the molecule is NCC1(N2CCC3CCCCC3C2)CCS(=O)(=O)CC1. The first-order chi connectivity index (χ1) is 9.55. The van der Waals surface area contributed by atoms with Gasteiger partial charge >= 0.3 is 0 Å². The van der Waals surface area contributed by atoms with Gasteiger partial charge in [0, 0.05) is 18.6 Å². The molecule has 2 atom stereocenters. The number of likely N-dealkylation sites (tertiary alicyclic amines) is 1. The molecule has 0 spiro atoms. The minimum atomic E-state index is -2.81. The summed E-state index contributed by atoms with van der Waals surface area (Å²) < 4.78 is 23.4. The number of piperidine rings is 1. The van der Waals surface area contributed by atoms with Crippen molar-refractivity contribution in [1.29, 1.82) is 0 Å². The third-order valence-corrected chi connectivity index (χ3v) is 7.75. The lowest BCUT2D eigenvalue weighted by molar-refractivity contribution is 0.00193. The Hall–Kier alpha value is -0.130. The first-order valence-electron chi connectivity index (χ1n) is 8.20. The van der Waals surface area contributed by atoms with Gasteiger partial charge < -0.3 is 5.73 Å². The predicted octanol–water partition coefficient (Wildman–Crippen LogP) is 1.40. The second kappa shape index (κ2) is 5.58. The first kappa shape index (κ1) is 14.8. The molecule has 4 nitrogen and oxygen atoms in total. The van der Waals surface area contributed by atoms with Crippen molar-refractivity contribution in [1.82, 2.24) is 4.90 Å². The summed E-state index contributed by atoms with van der Waals surface area (Å²) in [5.41, 5.74) is 6.06. The summed E-state index contributed by atoms with van der Waals surface area (Å²) in [6.07, 6.45) is 8.31. The third-order valence-electron chi connectivity index (χ3n) is 6.10. The molecule has 0 bridgehead atoms. The van der Waals surface area contributed by atoms with E-state index in [1.54, 1.807) is 0 Å². The van der Waals surface area contributed by atoms with Crippen LogP contribution in [0.5, 0.6) is 0 Å². The summed E-state index contributed by atoms with van der Waals surface area (Å²) in [6.45, 7) is 2.89. The molecular formula is C15H28N2O2S. The van der Waals surface area contributed by atoms with E-state index in [-0.39, 0.29) is 5.54 Å². The smallest absolute Gasteiger partial charge is 0.150 e. The van der Waals surface area contributed by atoms with E-state index < -0.39 is 9.84 Å². The number of sulfone groups is 1. The van der Waals surface area contributed by atoms with Gasteiger partial charge in [0.05, 0.1) is 11.5 Å². The van der Waals surface area contributed by atoms with Crippen molar-refractivity contribution in [2.75, 3.05) is 31.1 Å². The highest BCUT2D eigenvalue weighted by Crippen LogP contribution is 2.40. The van der Waals surface area contributed by atoms with Gasteiger partial charge in [0.2, 0.25) is 0 Å². The van der Waals surface area contributed by atoms with E-state index in [2.05, 4.69) is 4.90 Å². The van der Waals surface area contributed by atoms with E-state index >= 15 is 0 Å². The van der Waals surface area contributed by atoms with Crippen LogP contribution in [0.15, 0.2) is 0 Å². The molecule has 1 saturated carbocycles. The van der Waals surface area contributed by atoms with Gasteiger partial charge in [0.15, 0.2) is 0 Å². The molecule has 1 aliphatic carbocycles. The average Bonchev–Trinajstić information content (AvgIpc) is 2.47. The van der Waals surface area contributed by atoms with Gasteiger partial charge in [-0.3, -0.25) is 4.90 Å². The first-order valence-corrected chi connectivity index (χ1v) is 10.0. The van der Waals surface area contributed by atoms with E-state index in [1.807, 2.05) is 0 Å². The fourth-order valence-electron chi connectivity index (χ4n) is 4.60. The Balaban J connectivity index is 1.70. The highest BCUT2D eigenvalue weighted by molar-refractivity contribution is 7.91. The molecule has 0 aromatic rings. The fraction of sp³-hybridized carbons (Fsp3) is 1.00. The number of hydrogen-bond acceptors (Lipinski definition) is 4. The summed E-state index contributed by atoms with van der Waals surface area (Å²) in [5, 5.41) is 0. The number of rotatable bonds is 2. The molecular weight excluding hydrogens is 272 g/mol. The Morgan fingerprint density at radius 3 is 2.35 bits per heavy atom. The van der Waals surface area contributed by atoms with Crippen molar-refractivity contribution < 1.29 is 8.42 Å². The topological polar surface area (TPSA) is 63.4 Å². The van der Waals surface area contributed by atoms with Crippen LogP contribution in [0.25, 0.3) is 0 Å². The van der Waals surface area contributed by atoms with Crippen molar-refractivity contribution in [3.8, 4) is 0 Å². The van der Waals surface area contributed by atoms with Crippen LogP contribution in [0.4, 0.5) is 0 Å². The van der Waals surface area contributed by atoms with E-state index in [1.165, 1.54) is 32.1 Å². The maximum absolute atomic E-state index is 11.7. The van der Waals surface area contributed by atoms with Gasteiger partial charge in [-0.15, -0.1) is 0 Å². The zero-order chi connectivity index (χ0) is 14.2. The Morgan fingerprint density at radius 2 is 1.70 bits per heavy atom. The molecule has 0 amide bonds. The third kappa shape index (κ3) is 2.77. The Kier molecular flexibility index (Phi) is 4.13. The van der Waals surface area contributed by atoms with E-state index in [4.69, 9.17) is 5.73 Å². The molecule has 2 aliphatic heterocycles. The van der Waals surface area contributed by atoms with Crippen LogP contribution in [-0.4, -0.2) is 50.0 Å². The normalized spacial score (nSPS) is 37.2. The van der Waals surface area contributed by atoms with Crippen LogP contribution in [0.3, 0.4) is 0 Å². The molecule has 20 heavy (non-hydrogen) atoms. The highest BCUT2D eigenvalue weighted by Gasteiger charge is 2.44. The minimum Gasteiger partial charge on any atom is -0.329 e. The molecule has 3 fully saturated rings. The van der Waals surface area contributed by atoms with Crippen LogP contribution < -0.4 is 5.73 Å². The average molecular weight is 300 g/mol. The number of fused-ring (bicyclic) bond motifs is 1. The molecule has 3 rings (SSSR count). The second-order valence-corrected chi connectivity index (χ2v) is 9.42. The van der Waals surface area contributed by atoms with Crippen LogP contribution in [0.1, 0.15) is 44.9 Å². The summed E-state index contributed by atoms with van der Waals surface area (Å²) >= 11 is 0. The predicted molar refractivity (Wildman–Crippen MR) is 81.3 cm³/mol. The Morgan fingerprint density at radius 1 is 1.05 bits per heavy atom. The van der Waals surface area contributed by atoms with E-state index in [9.17, 15) is 8.42 Å². The maximum Gasteiger partial charge on any atom is 0.150 e. The second-order valence-electron chi connectivity index (χ2n) is 7.12. The molecule has 3 aliphatic rings. The summed E-state index contributed by atoms with van der Waals surface area (Å²) in [7, 11) is -2.81.